The first-order chi connectivity index (χ1) is 14.2. The number of rotatable bonds is 11. The average molecular weight is 534 g/mol. The summed E-state index contributed by atoms with van der Waals surface area (Å²) < 4.78 is 16.7. The molecule has 1 atom stereocenters. The Balaban J connectivity index is 0.00000450. The minimum Gasteiger partial charge on any atom is -0.496 e. The maximum absolute atomic E-state index is 5.83. The number of nitrogens with one attached hydrogen (secondary N) is 2. The maximum Gasteiger partial charge on any atom is 0.191 e. The van der Waals surface area contributed by atoms with Crippen LogP contribution in [0.4, 0.5) is 0 Å². The van der Waals surface area contributed by atoms with Crippen molar-refractivity contribution in [2.75, 3.05) is 67.8 Å². The van der Waals surface area contributed by atoms with Gasteiger partial charge in [-0.3, -0.25) is 4.99 Å². The molecule has 0 bridgehead atoms. The molecule has 0 aliphatic carbocycles. The lowest BCUT2D eigenvalue weighted by Gasteiger charge is -2.27. The Kier molecular flexibility index (Phi) is 14.1. The summed E-state index contributed by atoms with van der Waals surface area (Å²) in [6.07, 6.45) is 3.19. The smallest absolute Gasteiger partial charge is 0.191 e. The van der Waals surface area contributed by atoms with Crippen molar-refractivity contribution >= 4 is 29.9 Å². The molecule has 1 heterocycles. The summed E-state index contributed by atoms with van der Waals surface area (Å²) in [6, 6.07) is 8.32. The van der Waals surface area contributed by atoms with Gasteiger partial charge in [0.1, 0.15) is 5.75 Å². The number of halogens is 1. The molecule has 2 rings (SSSR count). The van der Waals surface area contributed by atoms with Crippen molar-refractivity contribution in [3.8, 4) is 5.75 Å². The number of likely N-dealkylation sites (N-methyl/N-ethyl adjacent to an activating group) is 1. The van der Waals surface area contributed by atoms with Gasteiger partial charge in [0.15, 0.2) is 5.96 Å². The molecule has 0 amide bonds. The average Bonchev–Trinajstić information content (AvgIpc) is 2.75. The highest BCUT2D eigenvalue weighted by Crippen LogP contribution is 2.27. The molecule has 30 heavy (non-hydrogen) atoms. The minimum atomic E-state index is 0. The van der Waals surface area contributed by atoms with Crippen LogP contribution in [0.3, 0.4) is 0 Å². The van der Waals surface area contributed by atoms with E-state index in [4.69, 9.17) is 14.2 Å². The van der Waals surface area contributed by atoms with E-state index in [-0.39, 0.29) is 30.0 Å². The van der Waals surface area contributed by atoms with Crippen LogP contribution in [0.2, 0.25) is 0 Å². The highest BCUT2D eigenvalue weighted by molar-refractivity contribution is 14.0. The van der Waals surface area contributed by atoms with Gasteiger partial charge in [-0.25, -0.2) is 0 Å². The Hall–Kier alpha value is -1.10. The number of ether oxygens (including phenoxy) is 3. The van der Waals surface area contributed by atoms with Crippen LogP contribution >= 0.6 is 24.0 Å². The molecule has 1 aromatic rings. The van der Waals surface area contributed by atoms with Crippen molar-refractivity contribution in [3.05, 3.63) is 29.8 Å². The molecule has 1 fully saturated rings. The lowest BCUT2D eigenvalue weighted by molar-refractivity contribution is 0.0203. The lowest BCUT2D eigenvalue weighted by Crippen LogP contribution is -2.42. The highest BCUT2D eigenvalue weighted by Gasteiger charge is 2.18. The van der Waals surface area contributed by atoms with Gasteiger partial charge in [-0.15, -0.1) is 24.0 Å². The zero-order valence-electron chi connectivity index (χ0n) is 18.9. The number of methoxy groups -OCH3 is 1. The molecule has 0 radical (unpaired) electrons. The van der Waals surface area contributed by atoms with E-state index in [9.17, 15) is 0 Å². The van der Waals surface area contributed by atoms with E-state index in [0.717, 1.165) is 76.1 Å². The first-order valence-corrected chi connectivity index (χ1v) is 10.5. The van der Waals surface area contributed by atoms with Gasteiger partial charge >= 0.3 is 0 Å². The summed E-state index contributed by atoms with van der Waals surface area (Å²) >= 11 is 0. The van der Waals surface area contributed by atoms with Gasteiger partial charge < -0.3 is 29.7 Å². The molecule has 0 saturated carbocycles. The molecular weight excluding hydrogens is 495 g/mol. The molecule has 172 valence electrons. The molecule has 1 aliphatic heterocycles. The third-order valence-electron chi connectivity index (χ3n) is 5.26. The normalized spacial score (nSPS) is 16.1. The molecule has 1 unspecified atom stereocenters. The number of hydrogen-bond donors (Lipinski definition) is 2. The third kappa shape index (κ3) is 9.36. The Bertz CT molecular complexity index is 610. The Morgan fingerprint density at radius 1 is 1.23 bits per heavy atom. The van der Waals surface area contributed by atoms with Gasteiger partial charge in [-0.05, 0) is 45.3 Å². The van der Waals surface area contributed by atoms with E-state index in [1.165, 1.54) is 0 Å². The van der Waals surface area contributed by atoms with Crippen LogP contribution in [0.5, 0.6) is 5.75 Å². The molecule has 2 N–H and O–H groups in total. The topological polar surface area (TPSA) is 67.4 Å². The monoisotopic (exact) mass is 534 g/mol. The fraction of sp³-hybridized carbons (Fsp3) is 0.682. The molecule has 1 aliphatic rings. The number of nitrogens with zero attached hydrogens (tertiary/aromatic N) is 2. The summed E-state index contributed by atoms with van der Waals surface area (Å²) in [5, 5.41) is 6.80. The quantitative estimate of drug-likeness (QED) is 0.197. The fourth-order valence-electron chi connectivity index (χ4n) is 3.47. The van der Waals surface area contributed by atoms with E-state index in [2.05, 4.69) is 40.7 Å². The van der Waals surface area contributed by atoms with Crippen LogP contribution in [-0.4, -0.2) is 78.6 Å². The van der Waals surface area contributed by atoms with Crippen LogP contribution < -0.4 is 15.4 Å². The van der Waals surface area contributed by atoms with E-state index in [0.29, 0.717) is 5.92 Å². The van der Waals surface area contributed by atoms with Crippen molar-refractivity contribution in [2.24, 2.45) is 10.9 Å². The van der Waals surface area contributed by atoms with Gasteiger partial charge in [0, 0.05) is 52.1 Å². The first kappa shape index (κ1) is 26.9. The molecule has 1 saturated heterocycles. The van der Waals surface area contributed by atoms with Gasteiger partial charge in [-0.2, -0.15) is 0 Å². The summed E-state index contributed by atoms with van der Waals surface area (Å²) in [7, 11) is 7.66. The summed E-state index contributed by atoms with van der Waals surface area (Å²) in [5.41, 5.74) is 1.16. The zero-order chi connectivity index (χ0) is 20.9. The molecule has 0 spiro atoms. The summed E-state index contributed by atoms with van der Waals surface area (Å²) in [6.45, 7) is 4.92. The van der Waals surface area contributed by atoms with Crippen molar-refractivity contribution in [1.29, 1.82) is 0 Å². The number of guanidine groups is 1. The van der Waals surface area contributed by atoms with Crippen molar-refractivity contribution < 1.29 is 14.2 Å². The van der Waals surface area contributed by atoms with E-state index < -0.39 is 0 Å². The number of aliphatic imine (C=N–C) groups is 1. The lowest BCUT2D eigenvalue weighted by atomic mass is 10.0. The van der Waals surface area contributed by atoms with Crippen molar-refractivity contribution in [3.63, 3.8) is 0 Å². The van der Waals surface area contributed by atoms with Crippen LogP contribution in [0.15, 0.2) is 29.3 Å². The first-order valence-electron chi connectivity index (χ1n) is 10.5. The molecule has 8 heteroatoms. The van der Waals surface area contributed by atoms with Crippen LogP contribution in [-0.2, 0) is 9.47 Å². The standard InChI is InChI=1S/C22H38N4O3.HI/c1-23-22(24-12-7-13-29-17-18-10-14-28-15-11-18)25-16-20(26(2)3)19-8-5-6-9-21(19)27-4;/h5-6,8-9,18,20H,7,10-17H2,1-4H3,(H2,23,24,25);1H. The Labute approximate surface area is 199 Å². The van der Waals surface area contributed by atoms with Gasteiger partial charge in [0.05, 0.1) is 13.2 Å². The zero-order valence-corrected chi connectivity index (χ0v) is 21.2. The van der Waals surface area contributed by atoms with Crippen LogP contribution in [0.1, 0.15) is 30.9 Å². The largest absolute Gasteiger partial charge is 0.496 e. The van der Waals surface area contributed by atoms with E-state index in [1.807, 2.05) is 18.2 Å². The Morgan fingerprint density at radius 3 is 2.63 bits per heavy atom. The highest BCUT2D eigenvalue weighted by atomic mass is 127. The van der Waals surface area contributed by atoms with Crippen LogP contribution in [0, 0.1) is 5.92 Å². The number of para-hydroxylation sites is 1. The van der Waals surface area contributed by atoms with Crippen LogP contribution in [0.25, 0.3) is 0 Å². The molecular formula is C22H39IN4O3. The fourth-order valence-corrected chi connectivity index (χ4v) is 3.47. The second-order valence-corrected chi connectivity index (χ2v) is 7.59. The molecule has 0 aromatic heterocycles. The molecule has 1 aromatic carbocycles. The van der Waals surface area contributed by atoms with Gasteiger partial charge in [0.25, 0.3) is 0 Å². The number of benzene rings is 1. The predicted molar refractivity (Wildman–Crippen MR) is 133 cm³/mol. The maximum atomic E-state index is 5.83. The third-order valence-corrected chi connectivity index (χ3v) is 5.26. The van der Waals surface area contributed by atoms with Gasteiger partial charge in [0.2, 0.25) is 0 Å². The predicted octanol–water partition coefficient (Wildman–Crippen LogP) is 2.91. The minimum absolute atomic E-state index is 0. The Morgan fingerprint density at radius 2 is 1.97 bits per heavy atom. The van der Waals surface area contributed by atoms with E-state index in [1.54, 1.807) is 14.2 Å². The van der Waals surface area contributed by atoms with Gasteiger partial charge in [-0.1, -0.05) is 18.2 Å². The molecule has 7 nitrogen and oxygen atoms in total. The second kappa shape index (κ2) is 15.7. The van der Waals surface area contributed by atoms with E-state index >= 15 is 0 Å². The van der Waals surface area contributed by atoms with Crippen molar-refractivity contribution in [1.82, 2.24) is 15.5 Å². The summed E-state index contributed by atoms with van der Waals surface area (Å²) in [5.74, 6) is 2.36. The SMILES string of the molecule is CN=C(NCCCOCC1CCOCC1)NCC(c1ccccc1OC)N(C)C.I. The summed E-state index contributed by atoms with van der Waals surface area (Å²) in [4.78, 5) is 6.52. The number of hydrogen-bond acceptors (Lipinski definition) is 5. The van der Waals surface area contributed by atoms with Crippen molar-refractivity contribution in [2.45, 2.75) is 25.3 Å². The second-order valence-electron chi connectivity index (χ2n) is 7.59.